The van der Waals surface area contributed by atoms with Crippen molar-refractivity contribution in [3.8, 4) is 5.75 Å². The Morgan fingerprint density at radius 1 is 1.07 bits per heavy atom. The summed E-state index contributed by atoms with van der Waals surface area (Å²) in [6.07, 6.45) is 4.49. The Morgan fingerprint density at radius 2 is 1.83 bits per heavy atom. The molecule has 0 aliphatic rings. The highest BCUT2D eigenvalue weighted by molar-refractivity contribution is 6.06. The standard InChI is InChI=1S/C21H16FN5O2.ClH/c1-12-8-16(22)18(10-19(12)28)27-20-15-3-2-13(9-17(15)24-11-25-20)21(29)26-14-4-6-23-7-5-14;/h2-11,28H,1H3,(H,23,26,29)(H,24,25,27);1H. The van der Waals surface area contributed by atoms with Crippen molar-refractivity contribution in [3.05, 3.63) is 78.1 Å². The molecule has 3 N–H and O–H groups in total. The summed E-state index contributed by atoms with van der Waals surface area (Å²) in [7, 11) is 0. The lowest BCUT2D eigenvalue weighted by Crippen LogP contribution is -2.12. The number of phenolic OH excluding ortho intramolecular Hbond substituents is 1. The molecule has 9 heteroatoms. The quantitative estimate of drug-likeness (QED) is 0.442. The van der Waals surface area contributed by atoms with Gasteiger partial charge in [-0.15, -0.1) is 12.4 Å². The van der Waals surface area contributed by atoms with Gasteiger partial charge in [0.15, 0.2) is 0 Å². The number of carbonyl (C=O) groups is 1. The third-order valence-electron chi connectivity index (χ3n) is 4.38. The van der Waals surface area contributed by atoms with Crippen molar-refractivity contribution in [2.45, 2.75) is 6.92 Å². The van der Waals surface area contributed by atoms with Crippen molar-refractivity contribution >= 4 is 46.4 Å². The zero-order valence-corrected chi connectivity index (χ0v) is 16.6. The fourth-order valence-corrected chi connectivity index (χ4v) is 2.82. The van der Waals surface area contributed by atoms with Crippen LogP contribution in [0.25, 0.3) is 10.9 Å². The minimum Gasteiger partial charge on any atom is -0.508 e. The first-order valence-electron chi connectivity index (χ1n) is 8.73. The fourth-order valence-electron chi connectivity index (χ4n) is 2.82. The summed E-state index contributed by atoms with van der Waals surface area (Å²) >= 11 is 0. The second-order valence-corrected chi connectivity index (χ2v) is 6.39. The molecule has 0 saturated heterocycles. The van der Waals surface area contributed by atoms with Gasteiger partial charge in [-0.3, -0.25) is 9.78 Å². The van der Waals surface area contributed by atoms with E-state index in [0.29, 0.717) is 33.5 Å². The highest BCUT2D eigenvalue weighted by atomic mass is 35.5. The number of halogens is 2. The van der Waals surface area contributed by atoms with Crippen molar-refractivity contribution in [2.75, 3.05) is 10.6 Å². The van der Waals surface area contributed by atoms with Crippen LogP contribution in [0.4, 0.5) is 21.6 Å². The van der Waals surface area contributed by atoms with E-state index in [0.717, 1.165) is 0 Å². The van der Waals surface area contributed by atoms with Crippen LogP contribution < -0.4 is 10.6 Å². The van der Waals surface area contributed by atoms with Crippen LogP contribution in [0.3, 0.4) is 0 Å². The number of anilines is 3. The molecule has 152 valence electrons. The number of phenols is 1. The summed E-state index contributed by atoms with van der Waals surface area (Å²) in [5, 5.41) is 16.1. The average molecular weight is 426 g/mol. The number of amides is 1. The first-order valence-corrected chi connectivity index (χ1v) is 8.73. The van der Waals surface area contributed by atoms with Gasteiger partial charge in [-0.25, -0.2) is 14.4 Å². The number of nitrogens with one attached hydrogen (secondary N) is 2. The molecule has 2 heterocycles. The molecule has 30 heavy (non-hydrogen) atoms. The van der Waals surface area contributed by atoms with Crippen molar-refractivity contribution in [3.63, 3.8) is 0 Å². The number of benzene rings is 2. The number of hydrogen-bond donors (Lipinski definition) is 3. The molecule has 1 amide bonds. The number of carbonyl (C=O) groups excluding carboxylic acids is 1. The van der Waals surface area contributed by atoms with E-state index in [2.05, 4.69) is 25.6 Å². The van der Waals surface area contributed by atoms with Gasteiger partial charge in [0.2, 0.25) is 0 Å². The number of pyridine rings is 1. The third kappa shape index (κ3) is 4.28. The number of hydrogen-bond acceptors (Lipinski definition) is 6. The fraction of sp³-hybridized carbons (Fsp3) is 0.0476. The Balaban J connectivity index is 0.00000256. The largest absolute Gasteiger partial charge is 0.508 e. The topological polar surface area (TPSA) is 100 Å². The molecule has 0 saturated carbocycles. The van der Waals surface area contributed by atoms with Crippen LogP contribution in [-0.4, -0.2) is 26.0 Å². The molecule has 0 spiro atoms. The van der Waals surface area contributed by atoms with Crippen molar-refractivity contribution in [1.82, 2.24) is 15.0 Å². The summed E-state index contributed by atoms with van der Waals surface area (Å²) < 4.78 is 14.2. The summed E-state index contributed by atoms with van der Waals surface area (Å²) in [5.41, 5.74) is 2.09. The second-order valence-electron chi connectivity index (χ2n) is 6.39. The molecule has 0 aliphatic heterocycles. The molecule has 4 aromatic rings. The molecular weight excluding hydrogens is 409 g/mol. The molecule has 2 aromatic carbocycles. The Bertz CT molecular complexity index is 1220. The number of aromatic hydroxyl groups is 1. The van der Waals surface area contributed by atoms with Gasteiger partial charge in [0.1, 0.15) is 23.7 Å². The molecule has 0 unspecified atom stereocenters. The minimum atomic E-state index is -0.514. The Hall–Kier alpha value is -3.78. The maximum atomic E-state index is 14.2. The predicted molar refractivity (Wildman–Crippen MR) is 115 cm³/mol. The molecule has 0 atom stereocenters. The smallest absolute Gasteiger partial charge is 0.255 e. The van der Waals surface area contributed by atoms with Crippen LogP contribution in [0, 0.1) is 12.7 Å². The lowest BCUT2D eigenvalue weighted by molar-refractivity contribution is 0.102. The average Bonchev–Trinajstić information content (AvgIpc) is 2.72. The Labute approximate surface area is 177 Å². The zero-order valence-electron chi connectivity index (χ0n) is 15.8. The van der Waals surface area contributed by atoms with Crippen LogP contribution in [0.15, 0.2) is 61.2 Å². The lowest BCUT2D eigenvalue weighted by atomic mass is 10.1. The number of fused-ring (bicyclic) bond motifs is 1. The molecule has 0 aliphatic carbocycles. The van der Waals surface area contributed by atoms with Gasteiger partial charge in [0.25, 0.3) is 5.91 Å². The highest BCUT2D eigenvalue weighted by Gasteiger charge is 2.12. The van der Waals surface area contributed by atoms with Crippen LogP contribution in [-0.2, 0) is 0 Å². The summed E-state index contributed by atoms with van der Waals surface area (Å²) in [4.78, 5) is 24.8. The Kier molecular flexibility index (Phi) is 6.08. The normalized spacial score (nSPS) is 10.3. The van der Waals surface area contributed by atoms with Gasteiger partial charge < -0.3 is 15.7 Å². The van der Waals surface area contributed by atoms with Gasteiger partial charge in [-0.1, -0.05) is 0 Å². The monoisotopic (exact) mass is 425 g/mol. The second kappa shape index (κ2) is 8.71. The number of rotatable bonds is 4. The van der Waals surface area contributed by atoms with E-state index in [9.17, 15) is 14.3 Å². The maximum absolute atomic E-state index is 14.2. The summed E-state index contributed by atoms with van der Waals surface area (Å²) in [6.45, 7) is 1.61. The summed E-state index contributed by atoms with van der Waals surface area (Å²) in [6, 6.07) is 10.9. The van der Waals surface area contributed by atoms with E-state index >= 15 is 0 Å². The molecule has 4 rings (SSSR count). The Morgan fingerprint density at radius 3 is 2.60 bits per heavy atom. The molecule has 2 aromatic heterocycles. The predicted octanol–water partition coefficient (Wildman–Crippen LogP) is 4.60. The van der Waals surface area contributed by atoms with E-state index in [1.807, 2.05) is 0 Å². The zero-order chi connectivity index (χ0) is 20.4. The maximum Gasteiger partial charge on any atom is 0.255 e. The SMILES string of the molecule is Cc1cc(F)c(Nc2ncnc3cc(C(=O)Nc4ccncc4)ccc23)cc1O.Cl. The minimum absolute atomic E-state index is 0. The molecule has 0 radical (unpaired) electrons. The molecule has 0 fully saturated rings. The van der Waals surface area contributed by atoms with E-state index in [-0.39, 0.29) is 29.8 Å². The van der Waals surface area contributed by atoms with Crippen molar-refractivity contribution in [1.29, 1.82) is 0 Å². The van der Waals surface area contributed by atoms with Gasteiger partial charge in [-0.2, -0.15) is 0 Å². The van der Waals surface area contributed by atoms with Crippen LogP contribution in [0.1, 0.15) is 15.9 Å². The molecule has 7 nitrogen and oxygen atoms in total. The van der Waals surface area contributed by atoms with E-state index in [4.69, 9.17) is 0 Å². The van der Waals surface area contributed by atoms with Gasteiger partial charge >= 0.3 is 0 Å². The number of aryl methyl sites for hydroxylation is 1. The van der Waals surface area contributed by atoms with E-state index in [1.165, 1.54) is 18.5 Å². The van der Waals surface area contributed by atoms with E-state index < -0.39 is 5.82 Å². The lowest BCUT2D eigenvalue weighted by Gasteiger charge is -2.11. The van der Waals surface area contributed by atoms with Crippen LogP contribution in [0.2, 0.25) is 0 Å². The van der Waals surface area contributed by atoms with Crippen molar-refractivity contribution in [2.24, 2.45) is 0 Å². The van der Waals surface area contributed by atoms with Crippen LogP contribution >= 0.6 is 12.4 Å². The third-order valence-corrected chi connectivity index (χ3v) is 4.38. The van der Waals surface area contributed by atoms with E-state index in [1.54, 1.807) is 49.6 Å². The number of nitrogens with zero attached hydrogens (tertiary/aromatic N) is 3. The molecule has 0 bridgehead atoms. The molecular formula is C21H17ClFN5O2. The van der Waals surface area contributed by atoms with Crippen molar-refractivity contribution < 1.29 is 14.3 Å². The van der Waals surface area contributed by atoms with Gasteiger partial charge in [-0.05, 0) is 48.9 Å². The highest BCUT2D eigenvalue weighted by Crippen LogP contribution is 2.29. The first kappa shape index (κ1) is 20.9. The number of aromatic nitrogens is 3. The van der Waals surface area contributed by atoms with Crippen LogP contribution in [0.5, 0.6) is 5.75 Å². The van der Waals surface area contributed by atoms with Gasteiger partial charge in [0.05, 0.1) is 11.2 Å². The van der Waals surface area contributed by atoms with Gasteiger partial charge in [0, 0.05) is 35.1 Å². The summed E-state index contributed by atoms with van der Waals surface area (Å²) in [5.74, 6) is -0.471. The first-order chi connectivity index (χ1) is 14.0.